The van der Waals surface area contributed by atoms with E-state index in [1.165, 1.54) is 12.1 Å². The second kappa shape index (κ2) is 5.50. The third-order valence-corrected chi connectivity index (χ3v) is 4.30. The number of carbonyl (C=O) groups is 1. The highest BCUT2D eigenvalue weighted by Crippen LogP contribution is 2.28. The number of hydrogen-bond acceptors (Lipinski definition) is 2. The van der Waals surface area contributed by atoms with E-state index in [0.29, 0.717) is 19.5 Å². The molecule has 0 saturated carbocycles. The number of nitrogens with zero attached hydrogens (tertiary/aromatic N) is 2. The Bertz CT molecular complexity index is 823. The zero-order valence-corrected chi connectivity index (χ0v) is 12.5. The number of amides is 1. The van der Waals surface area contributed by atoms with E-state index in [9.17, 15) is 9.18 Å². The van der Waals surface area contributed by atoms with Crippen molar-refractivity contribution in [3.05, 3.63) is 65.7 Å². The Kier molecular flexibility index (Phi) is 3.33. The van der Waals surface area contributed by atoms with Crippen LogP contribution in [0.25, 0.3) is 11.0 Å². The molecule has 0 bridgehead atoms. The predicted octanol–water partition coefficient (Wildman–Crippen LogP) is 3.22. The zero-order valence-electron chi connectivity index (χ0n) is 12.5. The average molecular weight is 309 g/mol. The van der Waals surface area contributed by atoms with Gasteiger partial charge in [-0.1, -0.05) is 24.3 Å². The lowest BCUT2D eigenvalue weighted by Crippen LogP contribution is -2.24. The first-order chi connectivity index (χ1) is 11.2. The lowest BCUT2D eigenvalue weighted by molar-refractivity contribution is -0.128. The molecule has 3 aromatic rings. The van der Waals surface area contributed by atoms with E-state index < -0.39 is 0 Å². The van der Waals surface area contributed by atoms with Gasteiger partial charge in [0.25, 0.3) is 0 Å². The Hall–Kier alpha value is -2.69. The van der Waals surface area contributed by atoms with Crippen LogP contribution in [0.15, 0.2) is 48.5 Å². The van der Waals surface area contributed by atoms with Crippen molar-refractivity contribution in [2.45, 2.75) is 18.9 Å². The van der Waals surface area contributed by atoms with E-state index in [-0.39, 0.29) is 17.6 Å². The number of carbonyl (C=O) groups excluding carboxylic acids is 1. The van der Waals surface area contributed by atoms with Gasteiger partial charge in [-0.3, -0.25) is 4.79 Å². The van der Waals surface area contributed by atoms with Gasteiger partial charge < -0.3 is 9.88 Å². The smallest absolute Gasteiger partial charge is 0.223 e. The van der Waals surface area contributed by atoms with Gasteiger partial charge in [0.2, 0.25) is 5.91 Å². The maximum Gasteiger partial charge on any atom is 0.223 e. The van der Waals surface area contributed by atoms with Crippen molar-refractivity contribution in [1.29, 1.82) is 0 Å². The van der Waals surface area contributed by atoms with Gasteiger partial charge in [0.1, 0.15) is 11.6 Å². The van der Waals surface area contributed by atoms with Crippen molar-refractivity contribution < 1.29 is 9.18 Å². The average Bonchev–Trinajstić information content (AvgIpc) is 3.13. The predicted molar refractivity (Wildman–Crippen MR) is 85.3 cm³/mol. The summed E-state index contributed by atoms with van der Waals surface area (Å²) in [5, 5.41) is 0. The van der Waals surface area contributed by atoms with Crippen LogP contribution < -0.4 is 0 Å². The Labute approximate surface area is 133 Å². The van der Waals surface area contributed by atoms with E-state index in [0.717, 1.165) is 22.4 Å². The molecule has 4 rings (SSSR count). The summed E-state index contributed by atoms with van der Waals surface area (Å²) >= 11 is 0. The van der Waals surface area contributed by atoms with Crippen LogP contribution in [0, 0.1) is 5.82 Å². The second-order valence-corrected chi connectivity index (χ2v) is 5.94. The topological polar surface area (TPSA) is 49.0 Å². The lowest BCUT2D eigenvalue weighted by atomic mass is 10.1. The van der Waals surface area contributed by atoms with Crippen molar-refractivity contribution >= 4 is 16.9 Å². The largest absolute Gasteiger partial charge is 0.342 e. The van der Waals surface area contributed by atoms with Crippen LogP contribution in [0.1, 0.15) is 23.7 Å². The first-order valence-corrected chi connectivity index (χ1v) is 7.66. The lowest BCUT2D eigenvalue weighted by Gasteiger charge is -2.16. The molecule has 2 heterocycles. The summed E-state index contributed by atoms with van der Waals surface area (Å²) in [7, 11) is 0. The van der Waals surface area contributed by atoms with Gasteiger partial charge in [-0.2, -0.15) is 0 Å². The Balaban J connectivity index is 1.52. The number of aromatic amines is 1. The summed E-state index contributed by atoms with van der Waals surface area (Å²) in [5.74, 6) is 0.790. The van der Waals surface area contributed by atoms with E-state index in [1.54, 1.807) is 12.1 Å². The number of aromatic nitrogens is 2. The van der Waals surface area contributed by atoms with E-state index in [4.69, 9.17) is 0 Å². The SMILES string of the molecule is O=C1C[C@@H](c2nc3ccccc3[nH]2)CN1Cc1ccc(F)cc1. The normalized spacial score (nSPS) is 18.0. The maximum absolute atomic E-state index is 13.0. The molecule has 1 amide bonds. The van der Waals surface area contributed by atoms with Crippen molar-refractivity contribution in [2.75, 3.05) is 6.54 Å². The standard InChI is InChI=1S/C18H16FN3O/c19-14-7-5-12(6-8-14)10-22-11-13(9-17(22)23)18-20-15-3-1-2-4-16(15)21-18/h1-8,13H,9-11H2,(H,20,21)/t13-/m1/s1. The first-order valence-electron chi connectivity index (χ1n) is 7.66. The van der Waals surface area contributed by atoms with Gasteiger partial charge >= 0.3 is 0 Å². The highest BCUT2D eigenvalue weighted by atomic mass is 19.1. The number of rotatable bonds is 3. The van der Waals surface area contributed by atoms with Crippen molar-refractivity contribution in [3.63, 3.8) is 0 Å². The molecular weight excluding hydrogens is 293 g/mol. The number of H-pyrrole nitrogens is 1. The fraction of sp³-hybridized carbons (Fsp3) is 0.222. The molecule has 0 unspecified atom stereocenters. The molecule has 5 heteroatoms. The number of hydrogen-bond donors (Lipinski definition) is 1. The number of benzene rings is 2. The number of likely N-dealkylation sites (tertiary alicyclic amines) is 1. The summed E-state index contributed by atoms with van der Waals surface area (Å²) in [6.45, 7) is 1.14. The minimum atomic E-state index is -0.262. The minimum absolute atomic E-state index is 0.0790. The van der Waals surface area contributed by atoms with Gasteiger partial charge in [-0.15, -0.1) is 0 Å². The number of nitrogens with one attached hydrogen (secondary N) is 1. The molecule has 1 aliphatic rings. The highest BCUT2D eigenvalue weighted by Gasteiger charge is 2.32. The van der Waals surface area contributed by atoms with Crippen LogP contribution in [-0.4, -0.2) is 27.3 Å². The van der Waals surface area contributed by atoms with Crippen molar-refractivity contribution in [1.82, 2.24) is 14.9 Å². The first kappa shape index (κ1) is 13.9. The van der Waals surface area contributed by atoms with Gasteiger partial charge in [-0.25, -0.2) is 9.37 Å². The molecule has 1 saturated heterocycles. The quantitative estimate of drug-likeness (QED) is 0.807. The maximum atomic E-state index is 13.0. The zero-order chi connectivity index (χ0) is 15.8. The molecule has 0 radical (unpaired) electrons. The third-order valence-electron chi connectivity index (χ3n) is 4.30. The summed E-state index contributed by atoms with van der Waals surface area (Å²) in [6, 6.07) is 14.1. The number of halogens is 1. The summed E-state index contributed by atoms with van der Waals surface area (Å²) < 4.78 is 13.0. The molecular formula is C18H16FN3O. The Morgan fingerprint density at radius 3 is 2.74 bits per heavy atom. The summed E-state index contributed by atoms with van der Waals surface area (Å²) in [5.41, 5.74) is 2.85. The monoisotopic (exact) mass is 309 g/mol. The molecule has 116 valence electrons. The third kappa shape index (κ3) is 2.70. The molecule has 23 heavy (non-hydrogen) atoms. The number of imidazole rings is 1. The van der Waals surface area contributed by atoms with Crippen LogP contribution in [0.3, 0.4) is 0 Å². The Morgan fingerprint density at radius 1 is 1.17 bits per heavy atom. The molecule has 1 aromatic heterocycles. The van der Waals surface area contributed by atoms with Gasteiger partial charge in [0.15, 0.2) is 0 Å². The Morgan fingerprint density at radius 2 is 1.96 bits per heavy atom. The van der Waals surface area contributed by atoms with Gasteiger partial charge in [-0.05, 0) is 29.8 Å². The molecule has 1 atom stereocenters. The number of fused-ring (bicyclic) bond motifs is 1. The fourth-order valence-corrected chi connectivity index (χ4v) is 3.08. The molecule has 0 spiro atoms. The number of para-hydroxylation sites is 2. The van der Waals surface area contributed by atoms with Crippen LogP contribution in [0.5, 0.6) is 0 Å². The van der Waals surface area contributed by atoms with Crippen LogP contribution >= 0.6 is 0 Å². The molecule has 2 aromatic carbocycles. The molecule has 1 fully saturated rings. The molecule has 4 nitrogen and oxygen atoms in total. The van der Waals surface area contributed by atoms with Crippen LogP contribution in [0.2, 0.25) is 0 Å². The van der Waals surface area contributed by atoms with Crippen LogP contribution in [-0.2, 0) is 11.3 Å². The van der Waals surface area contributed by atoms with Gasteiger partial charge in [0, 0.05) is 25.4 Å². The minimum Gasteiger partial charge on any atom is -0.342 e. The van der Waals surface area contributed by atoms with Crippen molar-refractivity contribution in [2.24, 2.45) is 0 Å². The van der Waals surface area contributed by atoms with Crippen molar-refractivity contribution in [3.8, 4) is 0 Å². The fourth-order valence-electron chi connectivity index (χ4n) is 3.08. The van der Waals surface area contributed by atoms with Crippen LogP contribution in [0.4, 0.5) is 4.39 Å². The second-order valence-electron chi connectivity index (χ2n) is 5.94. The van der Waals surface area contributed by atoms with E-state index in [2.05, 4.69) is 9.97 Å². The molecule has 1 aliphatic heterocycles. The summed E-state index contributed by atoms with van der Waals surface area (Å²) in [4.78, 5) is 22.0. The van der Waals surface area contributed by atoms with E-state index in [1.807, 2.05) is 29.2 Å². The molecule has 1 N–H and O–H groups in total. The highest BCUT2D eigenvalue weighted by molar-refractivity contribution is 5.80. The van der Waals surface area contributed by atoms with Gasteiger partial charge in [0.05, 0.1) is 11.0 Å². The van der Waals surface area contributed by atoms with E-state index >= 15 is 0 Å². The molecule has 0 aliphatic carbocycles. The summed E-state index contributed by atoms with van der Waals surface area (Å²) in [6.07, 6.45) is 0.459.